The van der Waals surface area contributed by atoms with Gasteiger partial charge in [0.25, 0.3) is 0 Å². The molecule has 2 rings (SSSR count). The molecule has 0 saturated heterocycles. The molecule has 0 heterocycles. The summed E-state index contributed by atoms with van der Waals surface area (Å²) in [7, 11) is -2.08. The van der Waals surface area contributed by atoms with E-state index >= 15 is 0 Å². The first-order valence-corrected chi connectivity index (χ1v) is 9.37. The van der Waals surface area contributed by atoms with Crippen molar-refractivity contribution >= 4 is 53.5 Å². The number of nitrogens with zero attached hydrogens (tertiary/aromatic N) is 1. The number of benzene rings is 2. The third-order valence-electron chi connectivity index (χ3n) is 2.93. The quantitative estimate of drug-likeness (QED) is 0.674. The van der Waals surface area contributed by atoms with E-state index in [1.54, 1.807) is 24.3 Å². The minimum Gasteiger partial charge on any atom is -0.207 e. The number of hydrogen-bond acceptors (Lipinski definition) is 2. The fourth-order valence-corrected chi connectivity index (χ4v) is 4.60. The Hall–Kier alpha value is -0.400. The summed E-state index contributed by atoms with van der Waals surface area (Å²) in [4.78, 5) is 0.214. The van der Waals surface area contributed by atoms with Crippen molar-refractivity contribution in [1.29, 1.82) is 0 Å². The Kier molecular flexibility index (Phi) is 5.48. The first-order chi connectivity index (χ1) is 9.82. The van der Waals surface area contributed by atoms with Crippen LogP contribution >= 0.6 is 43.5 Å². The molecule has 7 heteroatoms. The minimum atomic E-state index is -3.61. The maximum absolute atomic E-state index is 12.7. The van der Waals surface area contributed by atoms with E-state index in [1.165, 1.54) is 11.4 Å². The lowest BCUT2D eigenvalue weighted by molar-refractivity contribution is 0.466. The summed E-state index contributed by atoms with van der Waals surface area (Å²) in [6, 6.07) is 12.2. The van der Waals surface area contributed by atoms with Crippen LogP contribution in [0, 0.1) is 0 Å². The zero-order valence-electron chi connectivity index (χ0n) is 11.1. The van der Waals surface area contributed by atoms with Crippen molar-refractivity contribution < 1.29 is 8.42 Å². The summed E-state index contributed by atoms with van der Waals surface area (Å²) < 4.78 is 27.8. The molecule has 0 N–H and O–H groups in total. The molecule has 0 spiro atoms. The van der Waals surface area contributed by atoms with Crippen LogP contribution in [0.25, 0.3) is 0 Å². The molecule has 0 saturated carbocycles. The van der Waals surface area contributed by atoms with E-state index in [2.05, 4.69) is 31.9 Å². The summed E-state index contributed by atoms with van der Waals surface area (Å²) in [5, 5.41) is 0.549. The van der Waals surface area contributed by atoms with Crippen molar-refractivity contribution in [2.24, 2.45) is 0 Å². The van der Waals surface area contributed by atoms with Crippen molar-refractivity contribution in [1.82, 2.24) is 4.31 Å². The molecule has 0 aliphatic carbocycles. The largest absolute Gasteiger partial charge is 0.244 e. The molecule has 0 aliphatic rings. The average Bonchev–Trinajstić information content (AvgIpc) is 2.43. The molecule has 0 unspecified atom stereocenters. The van der Waals surface area contributed by atoms with Crippen molar-refractivity contribution in [3.63, 3.8) is 0 Å². The number of halogens is 3. The normalized spacial score (nSPS) is 11.9. The first-order valence-electron chi connectivity index (χ1n) is 5.97. The average molecular weight is 454 g/mol. The predicted molar refractivity (Wildman–Crippen MR) is 91.9 cm³/mol. The second kappa shape index (κ2) is 6.79. The van der Waals surface area contributed by atoms with Gasteiger partial charge < -0.3 is 0 Å². The van der Waals surface area contributed by atoms with Gasteiger partial charge in [-0.15, -0.1) is 0 Å². The molecule has 0 aliphatic heterocycles. The third-order valence-corrected chi connectivity index (χ3v) is 6.59. The monoisotopic (exact) mass is 451 g/mol. The summed E-state index contributed by atoms with van der Waals surface area (Å²) in [6.07, 6.45) is 0. The van der Waals surface area contributed by atoms with Gasteiger partial charge in [0.15, 0.2) is 0 Å². The first kappa shape index (κ1) is 17.0. The van der Waals surface area contributed by atoms with Crippen LogP contribution in [-0.2, 0) is 16.6 Å². The van der Waals surface area contributed by atoms with Crippen molar-refractivity contribution in [2.45, 2.75) is 11.4 Å². The molecule has 2 aromatic rings. The Morgan fingerprint density at radius 3 is 2.48 bits per heavy atom. The number of hydrogen-bond donors (Lipinski definition) is 0. The summed E-state index contributed by atoms with van der Waals surface area (Å²) in [6.45, 7) is 0.209. The van der Waals surface area contributed by atoms with Crippen molar-refractivity contribution in [2.75, 3.05) is 7.05 Å². The van der Waals surface area contributed by atoms with Gasteiger partial charge in [-0.1, -0.05) is 45.7 Å². The van der Waals surface area contributed by atoms with Crippen LogP contribution in [0.1, 0.15) is 5.56 Å². The Morgan fingerprint density at radius 2 is 1.81 bits per heavy atom. The van der Waals surface area contributed by atoms with E-state index < -0.39 is 10.0 Å². The van der Waals surface area contributed by atoms with Gasteiger partial charge in [0.05, 0.1) is 4.90 Å². The molecule has 0 radical (unpaired) electrons. The SMILES string of the molecule is CN(Cc1ccccc1Cl)S(=O)(=O)c1cc(Br)ccc1Br. The molecule has 3 nitrogen and oxygen atoms in total. The maximum Gasteiger partial charge on any atom is 0.244 e. The highest BCUT2D eigenvalue weighted by Crippen LogP contribution is 2.29. The lowest BCUT2D eigenvalue weighted by atomic mass is 10.2. The standard InChI is InChI=1S/C14H12Br2ClNO2S/c1-18(9-10-4-2-3-5-13(10)17)21(19,20)14-8-11(15)6-7-12(14)16/h2-8H,9H2,1H3. The van der Waals surface area contributed by atoms with Crippen LogP contribution in [0.2, 0.25) is 5.02 Å². The van der Waals surface area contributed by atoms with E-state index in [0.29, 0.717) is 14.0 Å². The van der Waals surface area contributed by atoms with Crippen molar-refractivity contribution in [3.05, 3.63) is 62.0 Å². The van der Waals surface area contributed by atoms with Crippen LogP contribution in [0.15, 0.2) is 56.3 Å². The van der Waals surface area contributed by atoms with Crippen LogP contribution in [0.4, 0.5) is 0 Å². The molecule has 2 aromatic carbocycles. The molecule has 0 bridgehead atoms. The van der Waals surface area contributed by atoms with Crippen LogP contribution in [0.5, 0.6) is 0 Å². The van der Waals surface area contributed by atoms with E-state index in [-0.39, 0.29) is 11.4 Å². The molecule has 0 atom stereocenters. The third kappa shape index (κ3) is 3.87. The molecule has 21 heavy (non-hydrogen) atoms. The molecular weight excluding hydrogens is 441 g/mol. The second-order valence-corrected chi connectivity index (χ2v) is 8.62. The summed E-state index contributed by atoms with van der Waals surface area (Å²) in [5.41, 5.74) is 0.761. The topological polar surface area (TPSA) is 37.4 Å². The van der Waals surface area contributed by atoms with Crippen LogP contribution < -0.4 is 0 Å². The smallest absolute Gasteiger partial charge is 0.207 e. The second-order valence-electron chi connectivity index (χ2n) is 4.43. The highest BCUT2D eigenvalue weighted by atomic mass is 79.9. The maximum atomic E-state index is 12.7. The highest BCUT2D eigenvalue weighted by Gasteiger charge is 2.24. The van der Waals surface area contributed by atoms with Crippen LogP contribution in [0.3, 0.4) is 0 Å². The highest BCUT2D eigenvalue weighted by molar-refractivity contribution is 9.11. The molecular formula is C14H12Br2ClNO2S. The lowest BCUT2D eigenvalue weighted by Crippen LogP contribution is -2.27. The Balaban J connectivity index is 2.35. The minimum absolute atomic E-state index is 0.209. The lowest BCUT2D eigenvalue weighted by Gasteiger charge is -2.19. The van der Waals surface area contributed by atoms with Gasteiger partial charge in [-0.05, 0) is 45.8 Å². The number of sulfonamides is 1. The van der Waals surface area contributed by atoms with Gasteiger partial charge in [0.1, 0.15) is 0 Å². The van der Waals surface area contributed by atoms with E-state index in [1.807, 2.05) is 18.2 Å². The van der Waals surface area contributed by atoms with E-state index in [9.17, 15) is 8.42 Å². The Labute approximate surface area is 146 Å². The predicted octanol–water partition coefficient (Wildman–Crippen LogP) is 4.69. The summed E-state index contributed by atoms with van der Waals surface area (Å²) >= 11 is 12.7. The van der Waals surface area contributed by atoms with Gasteiger partial charge in [0, 0.05) is 27.6 Å². The van der Waals surface area contributed by atoms with Gasteiger partial charge in [0.2, 0.25) is 10.0 Å². The summed E-state index contributed by atoms with van der Waals surface area (Å²) in [5.74, 6) is 0. The van der Waals surface area contributed by atoms with Gasteiger partial charge >= 0.3 is 0 Å². The van der Waals surface area contributed by atoms with Crippen molar-refractivity contribution in [3.8, 4) is 0 Å². The van der Waals surface area contributed by atoms with Gasteiger partial charge in [-0.3, -0.25) is 0 Å². The van der Waals surface area contributed by atoms with E-state index in [0.717, 1.165) is 5.56 Å². The molecule has 0 amide bonds. The fourth-order valence-electron chi connectivity index (χ4n) is 1.79. The molecule has 0 aromatic heterocycles. The number of rotatable bonds is 4. The molecule has 112 valence electrons. The Morgan fingerprint density at radius 1 is 1.14 bits per heavy atom. The fraction of sp³-hybridized carbons (Fsp3) is 0.143. The van der Waals surface area contributed by atoms with E-state index in [4.69, 9.17) is 11.6 Å². The Bertz CT molecular complexity index is 765. The van der Waals surface area contributed by atoms with Gasteiger partial charge in [-0.25, -0.2) is 8.42 Å². The zero-order chi connectivity index (χ0) is 15.6. The molecule has 0 fully saturated rings. The van der Waals surface area contributed by atoms with Gasteiger partial charge in [-0.2, -0.15) is 4.31 Å². The van der Waals surface area contributed by atoms with Crippen LogP contribution in [-0.4, -0.2) is 19.8 Å². The zero-order valence-corrected chi connectivity index (χ0v) is 15.8.